The average molecular weight is 349 g/mol. The van der Waals surface area contributed by atoms with Gasteiger partial charge in [0.1, 0.15) is 11.4 Å². The Bertz CT molecular complexity index is 881. The molecular formula is C20H23N5O. The van der Waals surface area contributed by atoms with Crippen molar-refractivity contribution in [3.63, 3.8) is 0 Å². The second-order valence-electron chi connectivity index (χ2n) is 7.15. The predicted molar refractivity (Wildman–Crippen MR) is 101 cm³/mol. The van der Waals surface area contributed by atoms with E-state index in [1.165, 1.54) is 0 Å². The topological polar surface area (TPSA) is 83.1 Å². The number of hydrogen-bond acceptors (Lipinski definition) is 5. The van der Waals surface area contributed by atoms with Crippen LogP contribution in [0.3, 0.4) is 0 Å². The Hall–Kier alpha value is -2.94. The van der Waals surface area contributed by atoms with Crippen LogP contribution in [0.25, 0.3) is 0 Å². The standard InChI is InChI=1S/C20H23N5O/c1-15(2)10-17(25-9-4-3-7-18(25)26)19-23-14-20(13-21,24-19)11-16-6-5-8-22-12-16/h3-9,12,15,17H,10-11,14H2,1-2H3,(H,23,24). The van der Waals surface area contributed by atoms with Crippen molar-refractivity contribution in [1.29, 1.82) is 5.26 Å². The van der Waals surface area contributed by atoms with Gasteiger partial charge in [0.2, 0.25) is 0 Å². The number of pyridine rings is 2. The lowest BCUT2D eigenvalue weighted by molar-refractivity contribution is 0.455. The van der Waals surface area contributed by atoms with Crippen molar-refractivity contribution in [1.82, 2.24) is 14.9 Å². The first kappa shape index (κ1) is 17.9. The third-order valence-corrected chi connectivity index (χ3v) is 4.53. The zero-order valence-corrected chi connectivity index (χ0v) is 15.1. The molecule has 134 valence electrons. The Morgan fingerprint density at radius 3 is 2.85 bits per heavy atom. The molecule has 1 N–H and O–H groups in total. The molecule has 0 bridgehead atoms. The fourth-order valence-corrected chi connectivity index (χ4v) is 3.29. The van der Waals surface area contributed by atoms with Crippen molar-refractivity contribution in [3.05, 3.63) is 64.8 Å². The van der Waals surface area contributed by atoms with Crippen LogP contribution in [0.2, 0.25) is 0 Å². The highest BCUT2D eigenvalue weighted by atomic mass is 16.1. The molecule has 2 unspecified atom stereocenters. The number of amidine groups is 1. The highest BCUT2D eigenvalue weighted by Gasteiger charge is 2.38. The maximum absolute atomic E-state index is 12.3. The monoisotopic (exact) mass is 349 g/mol. The molecule has 0 aliphatic carbocycles. The molecule has 0 aromatic carbocycles. The van der Waals surface area contributed by atoms with E-state index in [1.807, 2.05) is 18.2 Å². The van der Waals surface area contributed by atoms with Crippen LogP contribution in [-0.2, 0) is 6.42 Å². The highest BCUT2D eigenvalue weighted by Crippen LogP contribution is 2.24. The molecule has 6 nitrogen and oxygen atoms in total. The van der Waals surface area contributed by atoms with E-state index < -0.39 is 5.54 Å². The lowest BCUT2D eigenvalue weighted by atomic mass is 9.93. The summed E-state index contributed by atoms with van der Waals surface area (Å²) < 4.78 is 1.70. The van der Waals surface area contributed by atoms with E-state index in [9.17, 15) is 10.1 Å². The molecule has 2 aromatic rings. The van der Waals surface area contributed by atoms with Crippen LogP contribution in [0, 0.1) is 17.2 Å². The number of rotatable bonds is 6. The normalized spacial score (nSPS) is 20.3. The number of nitrogens with zero attached hydrogens (tertiary/aromatic N) is 4. The number of nitriles is 1. The molecule has 0 radical (unpaired) electrons. The molecule has 0 saturated heterocycles. The largest absolute Gasteiger partial charge is 0.352 e. The van der Waals surface area contributed by atoms with Crippen LogP contribution in [0.4, 0.5) is 0 Å². The molecule has 3 rings (SSSR count). The summed E-state index contributed by atoms with van der Waals surface area (Å²) >= 11 is 0. The summed E-state index contributed by atoms with van der Waals surface area (Å²) in [6.07, 6.45) is 6.55. The summed E-state index contributed by atoms with van der Waals surface area (Å²) in [6, 6.07) is 11.1. The molecule has 0 amide bonds. The molecule has 0 spiro atoms. The van der Waals surface area contributed by atoms with Crippen LogP contribution in [0.1, 0.15) is 31.9 Å². The fraction of sp³-hybridized carbons (Fsp3) is 0.400. The first-order valence-electron chi connectivity index (χ1n) is 8.83. The number of hydrogen-bond donors (Lipinski definition) is 1. The minimum absolute atomic E-state index is 0.0654. The molecule has 3 heterocycles. The van der Waals surface area contributed by atoms with E-state index in [2.05, 4.69) is 35.2 Å². The van der Waals surface area contributed by atoms with Crippen LogP contribution in [0.5, 0.6) is 0 Å². The first-order chi connectivity index (χ1) is 12.5. The van der Waals surface area contributed by atoms with Gasteiger partial charge in [0.05, 0.1) is 18.7 Å². The van der Waals surface area contributed by atoms with Crippen LogP contribution < -0.4 is 10.9 Å². The highest BCUT2D eigenvalue weighted by molar-refractivity contribution is 5.89. The average Bonchev–Trinajstić information content (AvgIpc) is 3.05. The zero-order chi connectivity index (χ0) is 18.6. The van der Waals surface area contributed by atoms with Crippen molar-refractivity contribution in [2.75, 3.05) is 6.54 Å². The van der Waals surface area contributed by atoms with Gasteiger partial charge >= 0.3 is 0 Å². The Balaban J connectivity index is 1.87. The summed E-state index contributed by atoms with van der Waals surface area (Å²) in [7, 11) is 0. The van der Waals surface area contributed by atoms with E-state index in [1.54, 1.807) is 35.3 Å². The van der Waals surface area contributed by atoms with Crippen LogP contribution in [-0.4, -0.2) is 27.5 Å². The van der Waals surface area contributed by atoms with Crippen molar-refractivity contribution < 1.29 is 0 Å². The minimum Gasteiger partial charge on any atom is -0.352 e. The second-order valence-corrected chi connectivity index (χ2v) is 7.15. The lowest BCUT2D eigenvalue weighted by Crippen LogP contribution is -2.49. The Kier molecular flexibility index (Phi) is 5.17. The Morgan fingerprint density at radius 1 is 1.35 bits per heavy atom. The lowest BCUT2D eigenvalue weighted by Gasteiger charge is -2.26. The molecule has 6 heteroatoms. The van der Waals surface area contributed by atoms with Crippen LogP contribution >= 0.6 is 0 Å². The van der Waals surface area contributed by atoms with E-state index in [-0.39, 0.29) is 11.6 Å². The predicted octanol–water partition coefficient (Wildman–Crippen LogP) is 2.34. The smallest absolute Gasteiger partial charge is 0.251 e. The van der Waals surface area contributed by atoms with Crippen molar-refractivity contribution in [2.24, 2.45) is 10.9 Å². The van der Waals surface area contributed by atoms with E-state index >= 15 is 0 Å². The molecule has 0 saturated carbocycles. The fourth-order valence-electron chi connectivity index (χ4n) is 3.29. The van der Waals surface area contributed by atoms with Crippen molar-refractivity contribution >= 4 is 5.84 Å². The van der Waals surface area contributed by atoms with Gasteiger partial charge in [0, 0.05) is 31.1 Å². The molecule has 2 aromatic heterocycles. The van der Waals surface area contributed by atoms with E-state index in [4.69, 9.17) is 0 Å². The van der Waals surface area contributed by atoms with Crippen molar-refractivity contribution in [2.45, 2.75) is 38.3 Å². The Labute approximate surface area is 153 Å². The van der Waals surface area contributed by atoms with Gasteiger partial charge in [-0.2, -0.15) is 5.26 Å². The number of aromatic nitrogens is 2. The van der Waals surface area contributed by atoms with Gasteiger partial charge < -0.3 is 9.88 Å². The third-order valence-electron chi connectivity index (χ3n) is 4.53. The Morgan fingerprint density at radius 2 is 2.19 bits per heavy atom. The van der Waals surface area contributed by atoms with Gasteiger partial charge in [-0.25, -0.2) is 0 Å². The molecule has 1 aliphatic heterocycles. The maximum atomic E-state index is 12.3. The third kappa shape index (κ3) is 3.83. The van der Waals surface area contributed by atoms with Gasteiger partial charge in [-0.3, -0.25) is 14.8 Å². The summed E-state index contributed by atoms with van der Waals surface area (Å²) in [5.41, 5.74) is 0.117. The quantitative estimate of drug-likeness (QED) is 0.868. The summed E-state index contributed by atoms with van der Waals surface area (Å²) in [6.45, 7) is 4.59. The zero-order valence-electron chi connectivity index (χ0n) is 15.1. The van der Waals surface area contributed by atoms with Gasteiger partial charge in [0.25, 0.3) is 5.56 Å². The van der Waals surface area contributed by atoms with Gasteiger partial charge in [-0.15, -0.1) is 0 Å². The van der Waals surface area contributed by atoms with Crippen LogP contribution in [0.15, 0.2) is 58.7 Å². The number of aliphatic imine (C=N–C) groups is 1. The van der Waals surface area contributed by atoms with E-state index in [0.717, 1.165) is 12.0 Å². The summed E-state index contributed by atoms with van der Waals surface area (Å²) in [5.74, 6) is 1.09. The molecule has 0 fully saturated rings. The number of nitrogens with one attached hydrogen (secondary N) is 1. The first-order valence-corrected chi connectivity index (χ1v) is 8.83. The molecular weight excluding hydrogens is 326 g/mol. The van der Waals surface area contributed by atoms with Crippen molar-refractivity contribution in [3.8, 4) is 6.07 Å². The summed E-state index contributed by atoms with van der Waals surface area (Å²) in [4.78, 5) is 21.1. The molecule has 1 aliphatic rings. The molecule has 26 heavy (non-hydrogen) atoms. The SMILES string of the molecule is CC(C)CC(C1=NCC(C#N)(Cc2cccnc2)N1)n1ccccc1=O. The van der Waals surface area contributed by atoms with E-state index in [0.29, 0.717) is 24.7 Å². The van der Waals surface area contributed by atoms with Gasteiger partial charge in [0.15, 0.2) is 0 Å². The molecule has 2 atom stereocenters. The summed E-state index contributed by atoms with van der Waals surface area (Å²) in [5, 5.41) is 13.1. The maximum Gasteiger partial charge on any atom is 0.251 e. The second kappa shape index (κ2) is 7.52. The minimum atomic E-state index is -0.800. The van der Waals surface area contributed by atoms with Gasteiger partial charge in [-0.1, -0.05) is 26.0 Å². The van der Waals surface area contributed by atoms with Gasteiger partial charge in [-0.05, 0) is 30.0 Å².